The number of aryl methyl sites for hydroxylation is 2. The van der Waals surface area contributed by atoms with Gasteiger partial charge < -0.3 is 19.7 Å². The van der Waals surface area contributed by atoms with E-state index in [4.69, 9.17) is 9.47 Å². The lowest BCUT2D eigenvalue weighted by molar-refractivity contribution is 0.174. The number of nitrogens with zero attached hydrogens (tertiary/aromatic N) is 3. The Bertz CT molecular complexity index is 1160. The molecule has 1 aliphatic rings. The van der Waals surface area contributed by atoms with Gasteiger partial charge in [0.05, 0.1) is 24.6 Å². The number of pyridine rings is 1. The minimum atomic E-state index is -0.462. The molecule has 3 aromatic rings. The van der Waals surface area contributed by atoms with Crippen LogP contribution in [-0.4, -0.2) is 53.9 Å². The number of benzene rings is 1. The van der Waals surface area contributed by atoms with Gasteiger partial charge in [0.2, 0.25) is 0 Å². The monoisotopic (exact) mass is 450 g/mol. The summed E-state index contributed by atoms with van der Waals surface area (Å²) in [5, 5.41) is 4.42. The van der Waals surface area contributed by atoms with Crippen molar-refractivity contribution in [1.82, 2.24) is 14.5 Å². The van der Waals surface area contributed by atoms with Crippen molar-refractivity contribution >= 4 is 28.5 Å². The summed E-state index contributed by atoms with van der Waals surface area (Å²) in [4.78, 5) is 19.1. The van der Waals surface area contributed by atoms with Gasteiger partial charge in [-0.2, -0.15) is 0 Å². The van der Waals surface area contributed by atoms with Gasteiger partial charge in [0.25, 0.3) is 0 Å². The van der Waals surface area contributed by atoms with E-state index < -0.39 is 6.09 Å². The molecule has 3 heterocycles. The highest BCUT2D eigenvalue weighted by atomic mass is 16.5. The summed E-state index contributed by atoms with van der Waals surface area (Å²) in [6.07, 6.45) is 3.61. The molecule has 1 saturated heterocycles. The molecular weight excluding hydrogens is 416 g/mol. The van der Waals surface area contributed by atoms with Crippen LogP contribution in [-0.2, 0) is 4.74 Å². The van der Waals surface area contributed by atoms with Crippen molar-refractivity contribution in [2.75, 3.05) is 32.6 Å². The average Bonchev–Trinajstić information content (AvgIpc) is 3.19. The number of fused-ring (bicyclic) bond motifs is 1. The van der Waals surface area contributed by atoms with Crippen LogP contribution in [0.25, 0.3) is 11.0 Å². The molecule has 7 heteroatoms. The molecule has 1 aromatic carbocycles. The van der Waals surface area contributed by atoms with Crippen molar-refractivity contribution in [3.05, 3.63) is 47.3 Å². The van der Waals surface area contributed by atoms with E-state index in [2.05, 4.69) is 41.3 Å². The minimum absolute atomic E-state index is 0.0539. The van der Waals surface area contributed by atoms with E-state index >= 15 is 0 Å². The van der Waals surface area contributed by atoms with E-state index in [-0.39, 0.29) is 6.10 Å². The summed E-state index contributed by atoms with van der Waals surface area (Å²) in [5.74, 6) is 1.40. The Morgan fingerprint density at radius 1 is 1.15 bits per heavy atom. The topological polar surface area (TPSA) is 68.6 Å². The number of ether oxygens (including phenoxy) is 2. The third-order valence-electron chi connectivity index (χ3n) is 6.31. The van der Waals surface area contributed by atoms with Gasteiger partial charge in [-0.3, -0.25) is 0 Å². The first kappa shape index (κ1) is 23.1. The summed E-state index contributed by atoms with van der Waals surface area (Å²) in [5.41, 5.74) is 5.79. The number of likely N-dealkylation sites (tertiary alicyclic amines) is 1. The van der Waals surface area contributed by atoms with Crippen LogP contribution in [0.4, 0.5) is 16.2 Å². The lowest BCUT2D eigenvalue weighted by atomic mass is 9.86. The number of piperidine rings is 1. The van der Waals surface area contributed by atoms with Crippen molar-refractivity contribution in [2.24, 2.45) is 0 Å². The molecular formula is C26H34N4O3. The van der Waals surface area contributed by atoms with Gasteiger partial charge >= 0.3 is 6.09 Å². The SMILES string of the molecule is COC(=O)n1ccc2c(Nc3cc(C)c(C4CCN(C)CC4)cc3OC(C)C)cc(C)nc21. The van der Waals surface area contributed by atoms with Crippen molar-refractivity contribution in [3.63, 3.8) is 0 Å². The van der Waals surface area contributed by atoms with E-state index in [0.717, 1.165) is 54.1 Å². The molecule has 1 aliphatic heterocycles. The first-order valence-corrected chi connectivity index (χ1v) is 11.6. The standard InChI is InChI=1S/C26H34N4O3/c1-16(2)33-24-15-21(19-7-10-29(5)11-8-19)17(3)13-23(24)28-22-14-18(4)27-25-20(22)9-12-30(25)26(31)32-6/h9,12-16,19H,7-8,10-11H2,1-6H3,(H,27,28). The highest BCUT2D eigenvalue weighted by Gasteiger charge is 2.22. The van der Waals surface area contributed by atoms with Gasteiger partial charge in [0.15, 0.2) is 5.65 Å². The van der Waals surface area contributed by atoms with Crippen LogP contribution in [0.2, 0.25) is 0 Å². The Morgan fingerprint density at radius 2 is 1.88 bits per heavy atom. The van der Waals surface area contributed by atoms with Gasteiger partial charge in [-0.05, 0) is 102 Å². The number of hydrogen-bond acceptors (Lipinski definition) is 6. The van der Waals surface area contributed by atoms with Gasteiger partial charge in [-0.1, -0.05) is 0 Å². The summed E-state index contributed by atoms with van der Waals surface area (Å²) >= 11 is 0. The zero-order valence-corrected chi connectivity index (χ0v) is 20.4. The molecule has 0 radical (unpaired) electrons. The second-order valence-electron chi connectivity index (χ2n) is 9.28. The highest BCUT2D eigenvalue weighted by molar-refractivity contribution is 5.96. The smallest absolute Gasteiger partial charge is 0.419 e. The number of nitrogens with one attached hydrogen (secondary N) is 1. The van der Waals surface area contributed by atoms with Crippen LogP contribution in [0.3, 0.4) is 0 Å². The molecule has 33 heavy (non-hydrogen) atoms. The van der Waals surface area contributed by atoms with E-state index in [1.54, 1.807) is 6.20 Å². The Kier molecular flexibility index (Phi) is 6.61. The predicted octanol–water partition coefficient (Wildman–Crippen LogP) is 5.61. The van der Waals surface area contributed by atoms with Crippen molar-refractivity contribution in [3.8, 4) is 5.75 Å². The maximum Gasteiger partial charge on any atom is 0.419 e. The number of rotatable bonds is 5. The first-order chi connectivity index (χ1) is 15.8. The third kappa shape index (κ3) is 4.83. The molecule has 2 aromatic heterocycles. The van der Waals surface area contributed by atoms with Crippen LogP contribution in [0.1, 0.15) is 49.4 Å². The largest absolute Gasteiger partial charge is 0.489 e. The van der Waals surface area contributed by atoms with Crippen molar-refractivity contribution in [1.29, 1.82) is 0 Å². The normalized spacial score (nSPS) is 15.2. The van der Waals surface area contributed by atoms with Gasteiger partial charge in [-0.25, -0.2) is 14.3 Å². The van der Waals surface area contributed by atoms with Crippen LogP contribution < -0.4 is 10.1 Å². The van der Waals surface area contributed by atoms with E-state index in [1.807, 2.05) is 32.9 Å². The molecule has 0 spiro atoms. The minimum Gasteiger partial charge on any atom is -0.489 e. The zero-order chi connectivity index (χ0) is 23.7. The predicted molar refractivity (Wildman–Crippen MR) is 132 cm³/mol. The molecule has 0 bridgehead atoms. The second-order valence-corrected chi connectivity index (χ2v) is 9.28. The van der Waals surface area contributed by atoms with Crippen LogP contribution in [0.5, 0.6) is 5.75 Å². The number of carbonyl (C=O) groups excluding carboxylic acids is 1. The first-order valence-electron chi connectivity index (χ1n) is 11.6. The summed E-state index contributed by atoms with van der Waals surface area (Å²) in [7, 11) is 3.56. The number of hydrogen-bond donors (Lipinski definition) is 1. The highest BCUT2D eigenvalue weighted by Crippen LogP contribution is 2.39. The molecule has 7 nitrogen and oxygen atoms in total. The molecule has 0 atom stereocenters. The van der Waals surface area contributed by atoms with Gasteiger partial charge in [0, 0.05) is 17.3 Å². The zero-order valence-electron chi connectivity index (χ0n) is 20.4. The Balaban J connectivity index is 1.74. The number of aromatic nitrogens is 2. The Hall–Kier alpha value is -3.06. The van der Waals surface area contributed by atoms with Crippen molar-refractivity contribution in [2.45, 2.75) is 52.6 Å². The van der Waals surface area contributed by atoms with E-state index in [0.29, 0.717) is 11.6 Å². The van der Waals surface area contributed by atoms with Gasteiger partial charge in [0.1, 0.15) is 5.75 Å². The van der Waals surface area contributed by atoms with Crippen LogP contribution in [0, 0.1) is 13.8 Å². The molecule has 1 fully saturated rings. The fourth-order valence-corrected chi connectivity index (χ4v) is 4.64. The molecule has 0 aliphatic carbocycles. The van der Waals surface area contributed by atoms with Crippen LogP contribution >= 0.6 is 0 Å². The van der Waals surface area contributed by atoms with Crippen molar-refractivity contribution < 1.29 is 14.3 Å². The molecule has 0 saturated carbocycles. The molecule has 0 unspecified atom stereocenters. The second kappa shape index (κ2) is 9.43. The maximum atomic E-state index is 12.2. The summed E-state index contributed by atoms with van der Waals surface area (Å²) < 4.78 is 12.6. The van der Waals surface area contributed by atoms with Crippen LogP contribution in [0.15, 0.2) is 30.5 Å². The number of methoxy groups -OCH3 is 1. The maximum absolute atomic E-state index is 12.2. The summed E-state index contributed by atoms with van der Waals surface area (Å²) in [6, 6.07) is 8.27. The molecule has 4 rings (SSSR count). The Labute approximate surface area is 195 Å². The van der Waals surface area contributed by atoms with E-state index in [9.17, 15) is 4.79 Å². The van der Waals surface area contributed by atoms with Gasteiger partial charge in [-0.15, -0.1) is 0 Å². The average molecular weight is 451 g/mol. The third-order valence-corrected chi connectivity index (χ3v) is 6.31. The molecule has 176 valence electrons. The Morgan fingerprint density at radius 3 is 2.55 bits per heavy atom. The number of carbonyl (C=O) groups is 1. The quantitative estimate of drug-likeness (QED) is 0.545. The fraction of sp³-hybridized carbons (Fsp3) is 0.462. The molecule has 0 amide bonds. The lowest BCUT2D eigenvalue weighted by Gasteiger charge is -2.31. The fourth-order valence-electron chi connectivity index (χ4n) is 4.64. The lowest BCUT2D eigenvalue weighted by Crippen LogP contribution is -2.29. The number of anilines is 2. The molecule has 1 N–H and O–H groups in total. The van der Waals surface area contributed by atoms with E-state index in [1.165, 1.54) is 22.8 Å². The summed E-state index contributed by atoms with van der Waals surface area (Å²) in [6.45, 7) is 10.4.